The van der Waals surface area contributed by atoms with Gasteiger partial charge in [-0.2, -0.15) is 0 Å². The highest BCUT2D eigenvalue weighted by molar-refractivity contribution is 6.06. The Bertz CT molecular complexity index is 990. The average Bonchev–Trinajstić information content (AvgIpc) is 2.99. The molecule has 2 fully saturated rings. The highest BCUT2D eigenvalue weighted by Crippen LogP contribution is 2.60. The molecule has 0 aromatic heterocycles. The molecule has 3 aliphatic rings. The number of hydrogen-bond donors (Lipinski definition) is 0. The predicted molar refractivity (Wildman–Crippen MR) is 112 cm³/mol. The normalized spacial score (nSPS) is 31.9. The van der Waals surface area contributed by atoms with Gasteiger partial charge in [0.1, 0.15) is 11.6 Å². The number of carbonyl (C=O) groups is 1. The van der Waals surface area contributed by atoms with Gasteiger partial charge in [0.15, 0.2) is 5.78 Å². The van der Waals surface area contributed by atoms with Crippen molar-refractivity contribution in [3.8, 4) is 5.75 Å². The quantitative estimate of drug-likeness (QED) is 0.592. The van der Waals surface area contributed by atoms with Crippen LogP contribution in [0.5, 0.6) is 5.75 Å². The number of rotatable bonds is 2. The van der Waals surface area contributed by atoms with Crippen LogP contribution in [0.1, 0.15) is 55.2 Å². The smallest absolute Gasteiger partial charge is 0.165 e. The molecule has 150 valence electrons. The zero-order valence-corrected chi connectivity index (χ0v) is 17.1. The molecule has 0 aliphatic heterocycles. The molecule has 0 saturated heterocycles. The molecular formula is C26H27FO2. The van der Waals surface area contributed by atoms with Gasteiger partial charge in [-0.05, 0) is 102 Å². The third-order valence-corrected chi connectivity index (χ3v) is 7.78. The number of aryl methyl sites for hydroxylation is 1. The van der Waals surface area contributed by atoms with E-state index in [1.807, 2.05) is 6.08 Å². The minimum atomic E-state index is -0.253. The minimum Gasteiger partial charge on any atom is -0.497 e. The number of Topliss-reactive ketones (excluding diaryl/α,β-unsaturated/α-hetero) is 1. The summed E-state index contributed by atoms with van der Waals surface area (Å²) in [5.41, 5.74) is 4.46. The van der Waals surface area contributed by atoms with E-state index in [2.05, 4.69) is 25.1 Å². The first-order valence-electron chi connectivity index (χ1n) is 10.7. The molecule has 2 aromatic carbocycles. The predicted octanol–water partition coefficient (Wildman–Crippen LogP) is 5.95. The Morgan fingerprint density at radius 3 is 2.69 bits per heavy atom. The SMILES string of the molecule is COc1ccc2c(c1)CC[C@H]1[C@@H]2CC[C@@]2(C)C(=O)/C(=C/c3ccc(F)cc3)C[C@@H]12. The molecule has 4 atom stereocenters. The van der Waals surface area contributed by atoms with Crippen LogP contribution in [0.2, 0.25) is 0 Å². The van der Waals surface area contributed by atoms with Crippen LogP contribution < -0.4 is 4.74 Å². The molecule has 0 spiro atoms. The lowest BCUT2D eigenvalue weighted by atomic mass is 9.55. The molecule has 2 aromatic rings. The number of ketones is 1. The first-order valence-corrected chi connectivity index (χ1v) is 10.7. The first-order chi connectivity index (χ1) is 14.0. The Hall–Kier alpha value is -2.42. The molecular weight excluding hydrogens is 363 g/mol. The highest BCUT2D eigenvalue weighted by atomic mass is 19.1. The minimum absolute atomic E-state index is 0.245. The molecule has 0 amide bonds. The number of carbonyl (C=O) groups excluding carboxylic acids is 1. The Labute approximate surface area is 171 Å². The molecule has 0 N–H and O–H groups in total. The van der Waals surface area contributed by atoms with Crippen molar-refractivity contribution in [2.75, 3.05) is 7.11 Å². The summed E-state index contributed by atoms with van der Waals surface area (Å²) >= 11 is 0. The fourth-order valence-electron chi connectivity index (χ4n) is 6.25. The lowest BCUT2D eigenvalue weighted by molar-refractivity contribution is -0.127. The molecule has 29 heavy (non-hydrogen) atoms. The highest BCUT2D eigenvalue weighted by Gasteiger charge is 2.56. The lowest BCUT2D eigenvalue weighted by Gasteiger charge is -2.48. The van der Waals surface area contributed by atoms with Gasteiger partial charge in [-0.3, -0.25) is 4.79 Å². The topological polar surface area (TPSA) is 26.3 Å². The van der Waals surface area contributed by atoms with Crippen LogP contribution >= 0.6 is 0 Å². The third kappa shape index (κ3) is 2.94. The van der Waals surface area contributed by atoms with E-state index in [1.165, 1.54) is 23.3 Å². The van der Waals surface area contributed by atoms with E-state index in [0.29, 0.717) is 23.5 Å². The molecule has 2 nitrogen and oxygen atoms in total. The van der Waals surface area contributed by atoms with Crippen LogP contribution in [0.3, 0.4) is 0 Å². The van der Waals surface area contributed by atoms with Gasteiger partial charge in [0.05, 0.1) is 7.11 Å². The summed E-state index contributed by atoms with van der Waals surface area (Å²) in [6.07, 6.45) is 7.06. The van der Waals surface area contributed by atoms with Gasteiger partial charge in [-0.1, -0.05) is 25.1 Å². The number of halogens is 1. The van der Waals surface area contributed by atoms with Crippen molar-refractivity contribution < 1.29 is 13.9 Å². The lowest BCUT2D eigenvalue weighted by Crippen LogP contribution is -2.42. The number of fused-ring (bicyclic) bond motifs is 5. The van der Waals surface area contributed by atoms with Crippen molar-refractivity contribution in [2.24, 2.45) is 17.3 Å². The van der Waals surface area contributed by atoms with E-state index in [-0.39, 0.29) is 11.2 Å². The number of ether oxygens (including phenoxy) is 1. The molecule has 0 heterocycles. The third-order valence-electron chi connectivity index (χ3n) is 7.78. The van der Waals surface area contributed by atoms with Gasteiger partial charge in [-0.15, -0.1) is 0 Å². The van der Waals surface area contributed by atoms with Crippen LogP contribution in [-0.2, 0) is 11.2 Å². The second-order valence-electron chi connectivity index (χ2n) is 9.19. The van der Waals surface area contributed by atoms with Crippen molar-refractivity contribution in [3.63, 3.8) is 0 Å². The Morgan fingerprint density at radius 1 is 1.14 bits per heavy atom. The Morgan fingerprint density at radius 2 is 1.93 bits per heavy atom. The molecule has 3 aliphatic carbocycles. The van der Waals surface area contributed by atoms with E-state index >= 15 is 0 Å². The largest absolute Gasteiger partial charge is 0.497 e. The first kappa shape index (κ1) is 18.6. The summed E-state index contributed by atoms with van der Waals surface area (Å²) in [7, 11) is 1.72. The summed E-state index contributed by atoms with van der Waals surface area (Å²) in [5, 5.41) is 0. The summed E-state index contributed by atoms with van der Waals surface area (Å²) in [6, 6.07) is 13.0. The van der Waals surface area contributed by atoms with Gasteiger partial charge in [0.2, 0.25) is 0 Å². The van der Waals surface area contributed by atoms with Gasteiger partial charge < -0.3 is 4.74 Å². The number of methoxy groups -OCH3 is 1. The van der Waals surface area contributed by atoms with Crippen molar-refractivity contribution in [1.82, 2.24) is 0 Å². The number of benzene rings is 2. The van der Waals surface area contributed by atoms with Gasteiger partial charge >= 0.3 is 0 Å². The number of allylic oxidation sites excluding steroid dienone is 1. The van der Waals surface area contributed by atoms with Gasteiger partial charge in [-0.25, -0.2) is 4.39 Å². The zero-order chi connectivity index (χ0) is 20.2. The van der Waals surface area contributed by atoms with E-state index in [0.717, 1.165) is 49.0 Å². The second kappa shape index (κ2) is 6.83. The average molecular weight is 390 g/mol. The molecule has 0 bridgehead atoms. The molecule has 5 rings (SSSR count). The van der Waals surface area contributed by atoms with Crippen LogP contribution in [0.4, 0.5) is 4.39 Å². The standard InChI is InChI=1S/C26H27FO2/c1-26-12-11-22-21-10-8-20(29-2)14-17(21)5-9-23(22)24(26)15-18(25(26)28)13-16-3-6-19(27)7-4-16/h3-4,6-8,10,13-14,22-24H,5,9,11-12,15H2,1-2H3/b18-13+/t22-,23+,24+,26-/m1/s1. The van der Waals surface area contributed by atoms with Crippen LogP contribution in [0, 0.1) is 23.1 Å². The Balaban J connectivity index is 1.47. The van der Waals surface area contributed by atoms with Crippen molar-refractivity contribution >= 4 is 11.9 Å². The maximum absolute atomic E-state index is 13.4. The molecule has 2 saturated carbocycles. The summed E-state index contributed by atoms with van der Waals surface area (Å²) < 4.78 is 18.7. The second-order valence-corrected chi connectivity index (χ2v) is 9.19. The fraction of sp³-hybridized carbons (Fsp3) is 0.423. The van der Waals surface area contributed by atoms with Crippen LogP contribution in [0.25, 0.3) is 6.08 Å². The van der Waals surface area contributed by atoms with Crippen molar-refractivity contribution in [3.05, 3.63) is 70.5 Å². The summed E-state index contributed by atoms with van der Waals surface area (Å²) in [5.74, 6) is 2.49. The monoisotopic (exact) mass is 390 g/mol. The van der Waals surface area contributed by atoms with Crippen LogP contribution in [-0.4, -0.2) is 12.9 Å². The maximum atomic E-state index is 13.4. The maximum Gasteiger partial charge on any atom is 0.165 e. The molecule has 0 radical (unpaired) electrons. The van der Waals surface area contributed by atoms with E-state index in [1.54, 1.807) is 19.2 Å². The fourth-order valence-corrected chi connectivity index (χ4v) is 6.25. The van der Waals surface area contributed by atoms with Crippen molar-refractivity contribution in [1.29, 1.82) is 0 Å². The van der Waals surface area contributed by atoms with E-state index in [9.17, 15) is 9.18 Å². The van der Waals surface area contributed by atoms with Crippen molar-refractivity contribution in [2.45, 2.75) is 44.9 Å². The molecule has 0 unspecified atom stereocenters. The summed E-state index contributed by atoms with van der Waals surface area (Å²) in [6.45, 7) is 2.19. The molecule has 3 heteroatoms. The van der Waals surface area contributed by atoms with Gasteiger partial charge in [0, 0.05) is 5.41 Å². The number of hydrogen-bond acceptors (Lipinski definition) is 2. The van der Waals surface area contributed by atoms with Crippen LogP contribution in [0.15, 0.2) is 48.0 Å². The van der Waals surface area contributed by atoms with E-state index < -0.39 is 0 Å². The summed E-state index contributed by atoms with van der Waals surface area (Å²) in [4.78, 5) is 13.4. The zero-order valence-electron chi connectivity index (χ0n) is 17.1. The Kier molecular flexibility index (Phi) is 4.38. The van der Waals surface area contributed by atoms with E-state index in [4.69, 9.17) is 4.74 Å². The van der Waals surface area contributed by atoms with Gasteiger partial charge in [0.25, 0.3) is 0 Å².